The minimum absolute atomic E-state index is 0.0302. The standard InChI is InChI=1S/C16H30N2O2/c17-8-3-9-18(14-4-1-2-5-14)15-6-10-20-16(12-15)7-11-19-13-16/h14-15H,1-13,17H2. The van der Waals surface area contributed by atoms with Gasteiger partial charge in [-0.05, 0) is 45.2 Å². The first-order valence-corrected chi connectivity index (χ1v) is 8.50. The average Bonchev–Trinajstić information content (AvgIpc) is 3.12. The summed E-state index contributed by atoms with van der Waals surface area (Å²) in [6.45, 7) is 4.56. The van der Waals surface area contributed by atoms with Gasteiger partial charge >= 0.3 is 0 Å². The van der Waals surface area contributed by atoms with E-state index in [1.165, 1.54) is 38.6 Å². The number of nitrogens with zero attached hydrogens (tertiary/aromatic N) is 1. The molecule has 1 spiro atoms. The lowest BCUT2D eigenvalue weighted by atomic mass is 9.88. The molecule has 20 heavy (non-hydrogen) atoms. The van der Waals surface area contributed by atoms with E-state index in [-0.39, 0.29) is 5.60 Å². The van der Waals surface area contributed by atoms with Crippen molar-refractivity contribution in [2.45, 2.75) is 69.1 Å². The number of ether oxygens (including phenoxy) is 2. The second-order valence-corrected chi connectivity index (χ2v) is 6.80. The number of rotatable bonds is 5. The van der Waals surface area contributed by atoms with Crippen molar-refractivity contribution < 1.29 is 9.47 Å². The van der Waals surface area contributed by atoms with E-state index in [1.54, 1.807) is 0 Å². The summed E-state index contributed by atoms with van der Waals surface area (Å²) in [6.07, 6.45) is 10.1. The van der Waals surface area contributed by atoms with Crippen LogP contribution in [0.1, 0.15) is 51.4 Å². The van der Waals surface area contributed by atoms with Crippen molar-refractivity contribution in [2.24, 2.45) is 5.73 Å². The molecule has 1 aliphatic carbocycles. The third kappa shape index (κ3) is 3.19. The fourth-order valence-corrected chi connectivity index (χ4v) is 4.32. The molecule has 2 aliphatic heterocycles. The highest BCUT2D eigenvalue weighted by atomic mass is 16.6. The van der Waals surface area contributed by atoms with Gasteiger partial charge in [-0.25, -0.2) is 0 Å². The van der Waals surface area contributed by atoms with Crippen molar-refractivity contribution in [3.8, 4) is 0 Å². The molecule has 0 aromatic heterocycles. The van der Waals surface area contributed by atoms with Gasteiger partial charge in [0.15, 0.2) is 0 Å². The molecule has 3 rings (SSSR count). The maximum Gasteiger partial charge on any atom is 0.0951 e. The average molecular weight is 282 g/mol. The first kappa shape index (κ1) is 14.8. The predicted molar refractivity (Wildman–Crippen MR) is 79.8 cm³/mol. The van der Waals surface area contributed by atoms with Gasteiger partial charge in [0.1, 0.15) is 0 Å². The molecule has 0 aromatic rings. The Labute approximate surface area is 123 Å². The molecular weight excluding hydrogens is 252 g/mol. The van der Waals surface area contributed by atoms with Crippen LogP contribution in [0, 0.1) is 0 Å². The quantitative estimate of drug-likeness (QED) is 0.837. The van der Waals surface area contributed by atoms with Crippen LogP contribution in [0.15, 0.2) is 0 Å². The summed E-state index contributed by atoms with van der Waals surface area (Å²) in [6, 6.07) is 1.48. The minimum Gasteiger partial charge on any atom is -0.378 e. The molecule has 0 aromatic carbocycles. The molecule has 4 heteroatoms. The highest BCUT2D eigenvalue weighted by Gasteiger charge is 2.43. The van der Waals surface area contributed by atoms with Crippen molar-refractivity contribution >= 4 is 0 Å². The first-order valence-electron chi connectivity index (χ1n) is 8.50. The molecule has 2 heterocycles. The molecule has 3 aliphatic rings. The maximum absolute atomic E-state index is 6.10. The summed E-state index contributed by atoms with van der Waals surface area (Å²) in [5, 5.41) is 0. The smallest absolute Gasteiger partial charge is 0.0951 e. The van der Waals surface area contributed by atoms with E-state index >= 15 is 0 Å². The Morgan fingerprint density at radius 3 is 2.65 bits per heavy atom. The molecule has 2 atom stereocenters. The van der Waals surface area contributed by atoms with Gasteiger partial charge in [-0.1, -0.05) is 12.8 Å². The van der Waals surface area contributed by atoms with Crippen molar-refractivity contribution in [1.82, 2.24) is 4.90 Å². The number of hydrogen-bond acceptors (Lipinski definition) is 4. The minimum atomic E-state index is 0.0302. The van der Waals surface area contributed by atoms with Crippen LogP contribution in [0.3, 0.4) is 0 Å². The van der Waals surface area contributed by atoms with Gasteiger partial charge in [0.25, 0.3) is 0 Å². The monoisotopic (exact) mass is 282 g/mol. The Morgan fingerprint density at radius 2 is 1.95 bits per heavy atom. The molecule has 0 bridgehead atoms. The van der Waals surface area contributed by atoms with Gasteiger partial charge in [-0.3, -0.25) is 4.90 Å². The third-order valence-corrected chi connectivity index (χ3v) is 5.42. The highest BCUT2D eigenvalue weighted by molar-refractivity contribution is 4.95. The van der Waals surface area contributed by atoms with Crippen LogP contribution in [-0.4, -0.2) is 55.5 Å². The summed E-state index contributed by atoms with van der Waals surface area (Å²) < 4.78 is 11.7. The number of hydrogen-bond donors (Lipinski definition) is 1. The molecular formula is C16H30N2O2. The van der Waals surface area contributed by atoms with Crippen LogP contribution in [0.5, 0.6) is 0 Å². The van der Waals surface area contributed by atoms with Crippen LogP contribution in [0.25, 0.3) is 0 Å². The molecule has 0 amide bonds. The Bertz CT molecular complexity index is 299. The third-order valence-electron chi connectivity index (χ3n) is 5.42. The van der Waals surface area contributed by atoms with Gasteiger partial charge < -0.3 is 15.2 Å². The maximum atomic E-state index is 6.10. The lowest BCUT2D eigenvalue weighted by Crippen LogP contribution is -2.52. The Hall–Kier alpha value is -0.160. The SMILES string of the molecule is NCCCN(C1CCCC1)C1CCOC2(CCOC2)C1. The van der Waals surface area contributed by atoms with E-state index in [1.807, 2.05) is 0 Å². The van der Waals surface area contributed by atoms with E-state index < -0.39 is 0 Å². The summed E-state index contributed by atoms with van der Waals surface area (Å²) >= 11 is 0. The lowest BCUT2D eigenvalue weighted by molar-refractivity contribution is -0.111. The van der Waals surface area contributed by atoms with E-state index in [4.69, 9.17) is 15.2 Å². The summed E-state index contributed by atoms with van der Waals surface area (Å²) in [5.41, 5.74) is 5.78. The fraction of sp³-hybridized carbons (Fsp3) is 1.00. The van der Waals surface area contributed by atoms with Gasteiger partial charge in [0.05, 0.1) is 12.2 Å². The summed E-state index contributed by atoms with van der Waals surface area (Å²) in [7, 11) is 0. The van der Waals surface area contributed by atoms with Crippen molar-refractivity contribution in [3.63, 3.8) is 0 Å². The fourth-order valence-electron chi connectivity index (χ4n) is 4.32. The zero-order chi connectivity index (χ0) is 13.8. The second-order valence-electron chi connectivity index (χ2n) is 6.80. The molecule has 0 radical (unpaired) electrons. The van der Waals surface area contributed by atoms with Crippen LogP contribution >= 0.6 is 0 Å². The summed E-state index contributed by atoms with van der Waals surface area (Å²) in [4.78, 5) is 2.78. The van der Waals surface area contributed by atoms with Crippen molar-refractivity contribution in [1.29, 1.82) is 0 Å². The molecule has 2 saturated heterocycles. The van der Waals surface area contributed by atoms with Crippen molar-refractivity contribution in [3.05, 3.63) is 0 Å². The Morgan fingerprint density at radius 1 is 1.10 bits per heavy atom. The predicted octanol–water partition coefficient (Wildman–Crippen LogP) is 1.92. The van der Waals surface area contributed by atoms with Crippen LogP contribution in [0.4, 0.5) is 0 Å². The first-order chi connectivity index (χ1) is 9.83. The van der Waals surface area contributed by atoms with E-state index in [0.717, 1.165) is 51.7 Å². The van der Waals surface area contributed by atoms with Crippen molar-refractivity contribution in [2.75, 3.05) is 32.9 Å². The van der Waals surface area contributed by atoms with Gasteiger partial charge in [0, 0.05) is 31.7 Å². The van der Waals surface area contributed by atoms with Crippen LogP contribution < -0.4 is 5.73 Å². The Kier molecular flexibility index (Phi) is 4.97. The second kappa shape index (κ2) is 6.73. The van der Waals surface area contributed by atoms with Crippen LogP contribution in [0.2, 0.25) is 0 Å². The molecule has 2 N–H and O–H groups in total. The van der Waals surface area contributed by atoms with Crippen LogP contribution in [-0.2, 0) is 9.47 Å². The van der Waals surface area contributed by atoms with Gasteiger partial charge in [-0.15, -0.1) is 0 Å². The molecule has 2 unspecified atom stereocenters. The molecule has 3 fully saturated rings. The van der Waals surface area contributed by atoms with E-state index in [9.17, 15) is 0 Å². The zero-order valence-electron chi connectivity index (χ0n) is 12.7. The van der Waals surface area contributed by atoms with E-state index in [0.29, 0.717) is 6.04 Å². The highest BCUT2D eigenvalue weighted by Crippen LogP contribution is 2.37. The Balaban J connectivity index is 1.65. The zero-order valence-corrected chi connectivity index (χ0v) is 12.7. The number of nitrogens with two attached hydrogens (primary N) is 1. The largest absolute Gasteiger partial charge is 0.378 e. The van der Waals surface area contributed by atoms with Gasteiger partial charge in [0.2, 0.25) is 0 Å². The lowest BCUT2D eigenvalue weighted by Gasteiger charge is -2.44. The van der Waals surface area contributed by atoms with Gasteiger partial charge in [-0.2, -0.15) is 0 Å². The molecule has 116 valence electrons. The summed E-state index contributed by atoms with van der Waals surface area (Å²) in [5.74, 6) is 0. The molecule has 1 saturated carbocycles. The van der Waals surface area contributed by atoms with E-state index in [2.05, 4.69) is 4.90 Å². The normalized spacial score (nSPS) is 35.4. The molecule has 4 nitrogen and oxygen atoms in total. The topological polar surface area (TPSA) is 47.7 Å².